The van der Waals surface area contributed by atoms with E-state index in [-0.39, 0.29) is 0 Å². The summed E-state index contributed by atoms with van der Waals surface area (Å²) in [5, 5.41) is 3.58. The molecule has 1 rings (SSSR count). The van der Waals surface area contributed by atoms with Crippen LogP contribution in [0.15, 0.2) is 0 Å². The summed E-state index contributed by atoms with van der Waals surface area (Å²) in [6, 6.07) is 0. The minimum absolute atomic E-state index is 0.833. The van der Waals surface area contributed by atoms with E-state index in [0.29, 0.717) is 0 Å². The van der Waals surface area contributed by atoms with E-state index in [1.807, 2.05) is 0 Å². The maximum atomic E-state index is 3.58. The van der Waals surface area contributed by atoms with Crippen LogP contribution >= 0.6 is 0 Å². The summed E-state index contributed by atoms with van der Waals surface area (Å²) in [7, 11) is 2.22. The zero-order valence-electron chi connectivity index (χ0n) is 10.1. The van der Waals surface area contributed by atoms with Crippen molar-refractivity contribution in [3.05, 3.63) is 0 Å². The van der Waals surface area contributed by atoms with Crippen LogP contribution in [0.4, 0.5) is 0 Å². The van der Waals surface area contributed by atoms with Crippen LogP contribution in [-0.2, 0) is 0 Å². The molecule has 0 aromatic heterocycles. The van der Waals surface area contributed by atoms with Crippen LogP contribution < -0.4 is 5.32 Å². The van der Waals surface area contributed by atoms with E-state index in [4.69, 9.17) is 0 Å². The third kappa shape index (κ3) is 4.97. The minimum Gasteiger partial charge on any atom is -0.316 e. The molecule has 0 atom stereocenters. The quantitative estimate of drug-likeness (QED) is 0.679. The molecule has 0 aromatic rings. The Hall–Kier alpha value is -0.0800. The number of piperidine rings is 1. The standard InChI is InChI=1S/C12H26N2/c1-11(2)4-7-13-10-12-5-8-14(3)9-6-12/h11-13H,4-10H2,1-3H3. The smallest absolute Gasteiger partial charge is 0.00187 e. The SMILES string of the molecule is CC(C)CCNCC1CCN(C)CC1. The van der Waals surface area contributed by atoms with Gasteiger partial charge in [0, 0.05) is 0 Å². The Labute approximate surface area is 89.1 Å². The lowest BCUT2D eigenvalue weighted by molar-refractivity contribution is 0.216. The fourth-order valence-corrected chi connectivity index (χ4v) is 1.96. The van der Waals surface area contributed by atoms with Gasteiger partial charge in [0.05, 0.1) is 0 Å². The lowest BCUT2D eigenvalue weighted by Gasteiger charge is -2.29. The number of hydrogen-bond donors (Lipinski definition) is 1. The second-order valence-corrected chi connectivity index (χ2v) is 5.13. The highest BCUT2D eigenvalue weighted by atomic mass is 15.1. The maximum Gasteiger partial charge on any atom is -0.00187 e. The molecule has 2 nitrogen and oxygen atoms in total. The van der Waals surface area contributed by atoms with E-state index < -0.39 is 0 Å². The minimum atomic E-state index is 0.833. The van der Waals surface area contributed by atoms with E-state index in [1.165, 1.54) is 45.4 Å². The molecule has 1 fully saturated rings. The van der Waals surface area contributed by atoms with Crippen molar-refractivity contribution in [2.75, 3.05) is 33.2 Å². The van der Waals surface area contributed by atoms with E-state index in [2.05, 4.69) is 31.1 Å². The van der Waals surface area contributed by atoms with Crippen molar-refractivity contribution in [2.24, 2.45) is 11.8 Å². The van der Waals surface area contributed by atoms with Crippen LogP contribution in [-0.4, -0.2) is 38.1 Å². The van der Waals surface area contributed by atoms with Gasteiger partial charge in [-0.3, -0.25) is 0 Å². The van der Waals surface area contributed by atoms with Crippen molar-refractivity contribution in [1.29, 1.82) is 0 Å². The van der Waals surface area contributed by atoms with E-state index in [0.717, 1.165) is 11.8 Å². The number of nitrogens with zero attached hydrogens (tertiary/aromatic N) is 1. The topological polar surface area (TPSA) is 15.3 Å². The first-order chi connectivity index (χ1) is 6.68. The fraction of sp³-hybridized carbons (Fsp3) is 1.00. The lowest BCUT2D eigenvalue weighted by Crippen LogP contribution is -2.35. The molecule has 84 valence electrons. The average molecular weight is 198 g/mol. The van der Waals surface area contributed by atoms with Gasteiger partial charge in [-0.25, -0.2) is 0 Å². The molecule has 1 aliphatic heterocycles. The predicted octanol–water partition coefficient (Wildman–Crippen LogP) is 1.96. The third-order valence-corrected chi connectivity index (χ3v) is 3.17. The van der Waals surface area contributed by atoms with Gasteiger partial charge in [-0.2, -0.15) is 0 Å². The Kier molecular flexibility index (Phi) is 5.49. The molecule has 0 unspecified atom stereocenters. The number of rotatable bonds is 5. The molecule has 2 heteroatoms. The van der Waals surface area contributed by atoms with Gasteiger partial charge in [0.15, 0.2) is 0 Å². The highest BCUT2D eigenvalue weighted by Crippen LogP contribution is 2.14. The van der Waals surface area contributed by atoms with Crippen LogP contribution in [0.3, 0.4) is 0 Å². The van der Waals surface area contributed by atoms with Crippen LogP contribution in [0.5, 0.6) is 0 Å². The van der Waals surface area contributed by atoms with Gasteiger partial charge in [-0.05, 0) is 64.3 Å². The lowest BCUT2D eigenvalue weighted by atomic mass is 9.97. The summed E-state index contributed by atoms with van der Waals surface area (Å²) in [6.45, 7) is 9.59. The molecule has 0 bridgehead atoms. The molecule has 0 radical (unpaired) electrons. The van der Waals surface area contributed by atoms with E-state index >= 15 is 0 Å². The Morgan fingerprint density at radius 1 is 1.29 bits per heavy atom. The molecule has 1 saturated heterocycles. The molecular weight excluding hydrogens is 172 g/mol. The van der Waals surface area contributed by atoms with Crippen molar-refractivity contribution in [3.63, 3.8) is 0 Å². The summed E-state index contributed by atoms with van der Waals surface area (Å²) in [5.74, 6) is 1.76. The van der Waals surface area contributed by atoms with Gasteiger partial charge in [0.2, 0.25) is 0 Å². The van der Waals surface area contributed by atoms with Crippen LogP contribution in [0.1, 0.15) is 33.1 Å². The van der Waals surface area contributed by atoms with Crippen LogP contribution in [0.2, 0.25) is 0 Å². The summed E-state index contributed by atoms with van der Waals surface area (Å²) in [6.07, 6.45) is 4.07. The Morgan fingerprint density at radius 3 is 2.50 bits per heavy atom. The largest absolute Gasteiger partial charge is 0.316 e. The maximum absolute atomic E-state index is 3.58. The molecular formula is C12H26N2. The average Bonchev–Trinajstić information content (AvgIpc) is 2.15. The first-order valence-corrected chi connectivity index (χ1v) is 6.07. The molecule has 14 heavy (non-hydrogen) atoms. The van der Waals surface area contributed by atoms with Gasteiger partial charge in [-0.15, -0.1) is 0 Å². The van der Waals surface area contributed by atoms with Crippen LogP contribution in [0, 0.1) is 11.8 Å². The van der Waals surface area contributed by atoms with Crippen molar-refractivity contribution < 1.29 is 0 Å². The summed E-state index contributed by atoms with van der Waals surface area (Å²) in [5.41, 5.74) is 0. The molecule has 0 amide bonds. The van der Waals surface area contributed by atoms with Crippen molar-refractivity contribution >= 4 is 0 Å². The molecule has 1 aliphatic rings. The van der Waals surface area contributed by atoms with E-state index in [9.17, 15) is 0 Å². The molecule has 0 aromatic carbocycles. The number of likely N-dealkylation sites (tertiary alicyclic amines) is 1. The highest BCUT2D eigenvalue weighted by Gasteiger charge is 2.15. The predicted molar refractivity (Wildman–Crippen MR) is 62.5 cm³/mol. The molecule has 0 saturated carbocycles. The van der Waals surface area contributed by atoms with Gasteiger partial charge >= 0.3 is 0 Å². The number of nitrogens with one attached hydrogen (secondary N) is 1. The molecule has 0 spiro atoms. The zero-order valence-corrected chi connectivity index (χ0v) is 10.1. The first-order valence-electron chi connectivity index (χ1n) is 6.07. The summed E-state index contributed by atoms with van der Waals surface area (Å²) in [4.78, 5) is 2.44. The van der Waals surface area contributed by atoms with Crippen molar-refractivity contribution in [3.8, 4) is 0 Å². The zero-order chi connectivity index (χ0) is 10.4. The monoisotopic (exact) mass is 198 g/mol. The van der Waals surface area contributed by atoms with Crippen molar-refractivity contribution in [2.45, 2.75) is 33.1 Å². The second-order valence-electron chi connectivity index (χ2n) is 5.13. The molecule has 0 aliphatic carbocycles. The van der Waals surface area contributed by atoms with Gasteiger partial charge in [0.1, 0.15) is 0 Å². The highest BCUT2D eigenvalue weighted by molar-refractivity contribution is 4.71. The van der Waals surface area contributed by atoms with Gasteiger partial charge < -0.3 is 10.2 Å². The summed E-state index contributed by atoms with van der Waals surface area (Å²) < 4.78 is 0. The molecule has 1 heterocycles. The summed E-state index contributed by atoms with van der Waals surface area (Å²) >= 11 is 0. The van der Waals surface area contributed by atoms with Crippen molar-refractivity contribution in [1.82, 2.24) is 10.2 Å². The third-order valence-electron chi connectivity index (χ3n) is 3.17. The molecule has 1 N–H and O–H groups in total. The van der Waals surface area contributed by atoms with Gasteiger partial charge in [0.25, 0.3) is 0 Å². The fourth-order valence-electron chi connectivity index (χ4n) is 1.96. The Bertz CT molecular complexity index is 137. The number of hydrogen-bond acceptors (Lipinski definition) is 2. The van der Waals surface area contributed by atoms with E-state index in [1.54, 1.807) is 0 Å². The first kappa shape index (κ1) is 12.0. The van der Waals surface area contributed by atoms with Gasteiger partial charge in [-0.1, -0.05) is 13.8 Å². The second kappa shape index (κ2) is 6.41. The Balaban J connectivity index is 1.96. The normalized spacial score (nSPS) is 20.6. The van der Waals surface area contributed by atoms with Crippen LogP contribution in [0.25, 0.3) is 0 Å². The Morgan fingerprint density at radius 2 is 1.93 bits per heavy atom.